The number of halogens is 1. The summed E-state index contributed by atoms with van der Waals surface area (Å²) in [6.07, 6.45) is 0.546. The molecule has 84 valence electrons. The summed E-state index contributed by atoms with van der Waals surface area (Å²) in [6, 6.07) is 7.98. The van der Waals surface area contributed by atoms with Gasteiger partial charge < -0.3 is 10.4 Å². The molecule has 1 atom stereocenters. The maximum absolute atomic E-state index is 11.9. The monoisotopic (exact) mass is 211 g/mol. The molecule has 0 radical (unpaired) electrons. The van der Waals surface area contributed by atoms with E-state index in [1.54, 1.807) is 0 Å². The number of nitrogens with one attached hydrogen (secondary N) is 1. The molecule has 0 saturated carbocycles. The molecule has 0 aliphatic rings. The van der Waals surface area contributed by atoms with E-state index in [4.69, 9.17) is 5.11 Å². The van der Waals surface area contributed by atoms with Crippen LogP contribution in [0.15, 0.2) is 24.3 Å². The van der Waals surface area contributed by atoms with E-state index in [1.807, 2.05) is 31.2 Å². The van der Waals surface area contributed by atoms with Gasteiger partial charge in [0.05, 0.1) is 13.3 Å². The lowest BCUT2D eigenvalue weighted by Gasteiger charge is -2.14. The van der Waals surface area contributed by atoms with Crippen LogP contribution in [-0.4, -0.2) is 18.3 Å². The minimum atomic E-state index is -0.281. The van der Waals surface area contributed by atoms with Crippen molar-refractivity contribution in [1.82, 2.24) is 5.32 Å². The van der Waals surface area contributed by atoms with Gasteiger partial charge in [0.15, 0.2) is 0 Å². The first kappa shape index (κ1) is 12.1. The Morgan fingerprint density at radius 3 is 2.93 bits per heavy atom. The van der Waals surface area contributed by atoms with Crippen LogP contribution in [0.1, 0.15) is 30.5 Å². The van der Waals surface area contributed by atoms with Gasteiger partial charge in [0.25, 0.3) is 0 Å². The van der Waals surface area contributed by atoms with Crippen LogP contribution in [0.5, 0.6) is 0 Å². The minimum Gasteiger partial charge on any atom is -0.392 e. The molecule has 0 spiro atoms. The summed E-state index contributed by atoms with van der Waals surface area (Å²) in [5.74, 6) is 0. The highest BCUT2D eigenvalue weighted by Crippen LogP contribution is 2.14. The maximum Gasteiger partial charge on any atom is 0.0906 e. The number of alkyl halides is 1. The summed E-state index contributed by atoms with van der Waals surface area (Å²) in [5.41, 5.74) is 2.03. The molecule has 0 aliphatic heterocycles. The van der Waals surface area contributed by atoms with E-state index in [-0.39, 0.29) is 19.3 Å². The molecule has 1 aromatic rings. The molecule has 1 rings (SSSR count). The average molecular weight is 211 g/mol. The second kappa shape index (κ2) is 6.53. The van der Waals surface area contributed by atoms with E-state index < -0.39 is 0 Å². The van der Waals surface area contributed by atoms with E-state index in [9.17, 15) is 4.39 Å². The summed E-state index contributed by atoms with van der Waals surface area (Å²) in [6.45, 7) is 2.50. The molecule has 0 saturated heterocycles. The number of aliphatic hydroxyl groups excluding tert-OH is 1. The van der Waals surface area contributed by atoms with Crippen molar-refractivity contribution in [2.75, 3.05) is 13.2 Å². The Morgan fingerprint density at radius 1 is 1.47 bits per heavy atom. The zero-order valence-corrected chi connectivity index (χ0v) is 9.04. The lowest BCUT2D eigenvalue weighted by molar-refractivity contribution is 0.281. The van der Waals surface area contributed by atoms with Crippen LogP contribution in [0.2, 0.25) is 0 Å². The lowest BCUT2D eigenvalue weighted by atomic mass is 10.1. The smallest absolute Gasteiger partial charge is 0.0906 e. The first-order valence-corrected chi connectivity index (χ1v) is 5.27. The minimum absolute atomic E-state index is 0.0606. The quantitative estimate of drug-likeness (QED) is 0.707. The van der Waals surface area contributed by atoms with Crippen molar-refractivity contribution in [3.05, 3.63) is 35.4 Å². The third-order valence-electron chi connectivity index (χ3n) is 2.39. The van der Waals surface area contributed by atoms with E-state index in [0.29, 0.717) is 13.0 Å². The van der Waals surface area contributed by atoms with Crippen molar-refractivity contribution in [2.45, 2.75) is 26.0 Å². The molecule has 0 bridgehead atoms. The van der Waals surface area contributed by atoms with Gasteiger partial charge in [0.1, 0.15) is 0 Å². The van der Waals surface area contributed by atoms with E-state index in [0.717, 1.165) is 11.1 Å². The standard InChI is InChI=1S/C12H18FNO/c1-10(14-7-3-6-13)12-5-2-4-11(8-12)9-15/h2,4-5,8,10,14-15H,3,6-7,9H2,1H3. The third-order valence-corrected chi connectivity index (χ3v) is 2.39. The SMILES string of the molecule is CC(NCCCF)c1cccc(CO)c1. The molecular formula is C12H18FNO. The molecule has 1 aromatic carbocycles. The van der Waals surface area contributed by atoms with Crippen molar-refractivity contribution >= 4 is 0 Å². The van der Waals surface area contributed by atoms with E-state index >= 15 is 0 Å². The molecule has 0 fully saturated rings. The zero-order valence-electron chi connectivity index (χ0n) is 9.04. The van der Waals surface area contributed by atoms with Gasteiger partial charge in [-0.2, -0.15) is 0 Å². The molecule has 0 aliphatic carbocycles. The first-order valence-electron chi connectivity index (χ1n) is 5.27. The van der Waals surface area contributed by atoms with Gasteiger partial charge in [-0.25, -0.2) is 0 Å². The van der Waals surface area contributed by atoms with Crippen molar-refractivity contribution in [3.63, 3.8) is 0 Å². The molecule has 0 aromatic heterocycles. The Labute approximate surface area is 90.1 Å². The highest BCUT2D eigenvalue weighted by atomic mass is 19.1. The topological polar surface area (TPSA) is 32.3 Å². The zero-order chi connectivity index (χ0) is 11.1. The molecule has 0 heterocycles. The molecule has 15 heavy (non-hydrogen) atoms. The molecule has 1 unspecified atom stereocenters. The second-order valence-corrected chi connectivity index (χ2v) is 3.62. The van der Waals surface area contributed by atoms with Crippen LogP contribution < -0.4 is 5.32 Å². The highest BCUT2D eigenvalue weighted by Gasteiger charge is 2.04. The number of rotatable bonds is 6. The number of hydrogen-bond donors (Lipinski definition) is 2. The van der Waals surface area contributed by atoms with Crippen molar-refractivity contribution < 1.29 is 9.50 Å². The van der Waals surface area contributed by atoms with Gasteiger partial charge in [0.2, 0.25) is 0 Å². The van der Waals surface area contributed by atoms with Gasteiger partial charge in [-0.1, -0.05) is 24.3 Å². The van der Waals surface area contributed by atoms with Gasteiger partial charge in [-0.15, -0.1) is 0 Å². The van der Waals surface area contributed by atoms with Crippen LogP contribution in [0.4, 0.5) is 4.39 Å². The van der Waals surface area contributed by atoms with Gasteiger partial charge >= 0.3 is 0 Å². The normalized spacial score (nSPS) is 12.7. The molecule has 3 heteroatoms. The fourth-order valence-corrected chi connectivity index (χ4v) is 1.46. The Morgan fingerprint density at radius 2 is 2.27 bits per heavy atom. The average Bonchev–Trinajstić information content (AvgIpc) is 2.29. The van der Waals surface area contributed by atoms with Crippen LogP contribution in [0, 0.1) is 0 Å². The summed E-state index contributed by atoms with van der Waals surface area (Å²) in [4.78, 5) is 0. The van der Waals surface area contributed by atoms with Crippen molar-refractivity contribution in [2.24, 2.45) is 0 Å². The van der Waals surface area contributed by atoms with Crippen LogP contribution in [0.25, 0.3) is 0 Å². The number of hydrogen-bond acceptors (Lipinski definition) is 2. The summed E-state index contributed by atoms with van der Waals surface area (Å²) >= 11 is 0. The predicted octanol–water partition coefficient (Wildman–Crippen LogP) is 2.19. The van der Waals surface area contributed by atoms with Gasteiger partial charge in [-0.05, 0) is 31.0 Å². The third kappa shape index (κ3) is 3.98. The number of benzene rings is 1. The Balaban J connectivity index is 2.52. The maximum atomic E-state index is 11.9. The number of aliphatic hydroxyl groups is 1. The van der Waals surface area contributed by atoms with E-state index in [2.05, 4.69) is 5.32 Å². The Kier molecular flexibility index (Phi) is 5.29. The summed E-state index contributed by atoms with van der Waals surface area (Å²) < 4.78 is 11.9. The molecule has 2 N–H and O–H groups in total. The largest absolute Gasteiger partial charge is 0.392 e. The Bertz CT molecular complexity index is 291. The van der Waals surface area contributed by atoms with Crippen molar-refractivity contribution in [1.29, 1.82) is 0 Å². The fraction of sp³-hybridized carbons (Fsp3) is 0.500. The fourth-order valence-electron chi connectivity index (χ4n) is 1.46. The molecular weight excluding hydrogens is 193 g/mol. The van der Waals surface area contributed by atoms with Crippen LogP contribution in [-0.2, 0) is 6.61 Å². The lowest BCUT2D eigenvalue weighted by Crippen LogP contribution is -2.20. The van der Waals surface area contributed by atoms with E-state index in [1.165, 1.54) is 0 Å². The summed E-state index contributed by atoms with van der Waals surface area (Å²) in [7, 11) is 0. The highest BCUT2D eigenvalue weighted by molar-refractivity contribution is 5.25. The molecule has 0 amide bonds. The predicted molar refractivity (Wildman–Crippen MR) is 59.4 cm³/mol. The first-order chi connectivity index (χ1) is 7.27. The Hall–Kier alpha value is -0.930. The van der Waals surface area contributed by atoms with Gasteiger partial charge in [0, 0.05) is 6.04 Å². The van der Waals surface area contributed by atoms with Crippen molar-refractivity contribution in [3.8, 4) is 0 Å². The van der Waals surface area contributed by atoms with Crippen LogP contribution in [0.3, 0.4) is 0 Å². The summed E-state index contributed by atoms with van der Waals surface area (Å²) in [5, 5.41) is 12.2. The van der Waals surface area contributed by atoms with Gasteiger partial charge in [-0.3, -0.25) is 4.39 Å². The van der Waals surface area contributed by atoms with Crippen LogP contribution >= 0.6 is 0 Å². The molecule has 2 nitrogen and oxygen atoms in total. The second-order valence-electron chi connectivity index (χ2n) is 3.62.